The predicted molar refractivity (Wildman–Crippen MR) is 69.0 cm³/mol. The average Bonchev–Trinajstić information content (AvgIpc) is 1.97. The van der Waals surface area contributed by atoms with E-state index in [0.717, 1.165) is 13.0 Å². The Morgan fingerprint density at radius 2 is 1.67 bits per heavy atom. The second-order valence-corrected chi connectivity index (χ2v) is 6.55. The summed E-state index contributed by atoms with van der Waals surface area (Å²) in [6.07, 6.45) is 3.44. The molecule has 0 aliphatic rings. The van der Waals surface area contributed by atoms with Gasteiger partial charge in [-0.25, -0.2) is 0 Å². The van der Waals surface area contributed by atoms with E-state index in [2.05, 4.69) is 46.9 Å². The van der Waals surface area contributed by atoms with Crippen LogP contribution >= 0.6 is 0 Å². The quantitative estimate of drug-likeness (QED) is 0.713. The molecule has 0 aliphatic carbocycles. The van der Waals surface area contributed by atoms with Crippen LogP contribution in [0.15, 0.2) is 0 Å². The van der Waals surface area contributed by atoms with Gasteiger partial charge in [0, 0.05) is 18.1 Å². The van der Waals surface area contributed by atoms with E-state index in [4.69, 9.17) is 5.73 Å². The van der Waals surface area contributed by atoms with Crippen LogP contribution in [0.3, 0.4) is 0 Å². The predicted octanol–water partition coefficient (Wildman–Crippen LogP) is 2.92. The van der Waals surface area contributed by atoms with Crippen LogP contribution in [-0.4, -0.2) is 18.1 Å². The molecular weight excluding hydrogens is 184 g/mol. The fourth-order valence-electron chi connectivity index (χ4n) is 2.27. The maximum absolute atomic E-state index is 5.99. The van der Waals surface area contributed by atoms with Crippen LogP contribution in [0.4, 0.5) is 0 Å². The van der Waals surface area contributed by atoms with Crippen molar-refractivity contribution in [3.8, 4) is 0 Å². The van der Waals surface area contributed by atoms with Gasteiger partial charge in [0.1, 0.15) is 0 Å². The van der Waals surface area contributed by atoms with E-state index in [1.807, 2.05) is 0 Å². The van der Waals surface area contributed by atoms with Crippen LogP contribution < -0.4 is 11.1 Å². The Labute approximate surface area is 96.0 Å². The van der Waals surface area contributed by atoms with Gasteiger partial charge in [-0.05, 0) is 32.1 Å². The molecule has 0 spiro atoms. The number of nitrogens with two attached hydrogens (primary N) is 1. The molecule has 0 aromatic carbocycles. The van der Waals surface area contributed by atoms with Gasteiger partial charge >= 0.3 is 0 Å². The van der Waals surface area contributed by atoms with Crippen molar-refractivity contribution in [1.29, 1.82) is 0 Å². The van der Waals surface area contributed by atoms with Crippen LogP contribution in [0.1, 0.15) is 60.8 Å². The molecule has 0 heterocycles. The molecule has 2 nitrogen and oxygen atoms in total. The summed E-state index contributed by atoms with van der Waals surface area (Å²) in [7, 11) is 0. The topological polar surface area (TPSA) is 38.0 Å². The summed E-state index contributed by atoms with van der Waals surface area (Å²) in [6, 6.07) is 0.300. The molecule has 0 aromatic rings. The molecule has 1 unspecified atom stereocenters. The number of hydrogen-bond acceptors (Lipinski definition) is 2. The zero-order chi connectivity index (χ0) is 12.1. The van der Waals surface area contributed by atoms with Gasteiger partial charge in [-0.15, -0.1) is 0 Å². The summed E-state index contributed by atoms with van der Waals surface area (Å²) in [5, 5.41) is 3.58. The molecule has 0 bridgehead atoms. The number of rotatable bonds is 6. The van der Waals surface area contributed by atoms with Gasteiger partial charge in [-0.1, -0.05) is 34.1 Å². The van der Waals surface area contributed by atoms with Gasteiger partial charge in [0.25, 0.3) is 0 Å². The molecular formula is C13H30N2. The number of nitrogens with one attached hydrogen (secondary N) is 1. The Balaban J connectivity index is 3.93. The van der Waals surface area contributed by atoms with Gasteiger partial charge in [0.15, 0.2) is 0 Å². The van der Waals surface area contributed by atoms with Crippen LogP contribution in [0.2, 0.25) is 0 Å². The third-order valence-corrected chi connectivity index (χ3v) is 2.47. The molecule has 2 heteroatoms. The van der Waals surface area contributed by atoms with E-state index < -0.39 is 0 Å². The summed E-state index contributed by atoms with van der Waals surface area (Å²) >= 11 is 0. The summed E-state index contributed by atoms with van der Waals surface area (Å²) in [5.41, 5.74) is 6.54. The Kier molecular flexibility index (Phi) is 5.82. The van der Waals surface area contributed by atoms with Crippen molar-refractivity contribution in [2.45, 2.75) is 72.4 Å². The highest BCUT2D eigenvalue weighted by Crippen LogP contribution is 2.26. The molecule has 92 valence electrons. The Bertz CT molecular complexity index is 168. The monoisotopic (exact) mass is 214 g/mol. The molecule has 0 radical (unpaired) electrons. The van der Waals surface area contributed by atoms with Gasteiger partial charge in [0.2, 0.25) is 0 Å². The van der Waals surface area contributed by atoms with Crippen molar-refractivity contribution < 1.29 is 0 Å². The Morgan fingerprint density at radius 3 is 2.07 bits per heavy atom. The van der Waals surface area contributed by atoms with Crippen LogP contribution in [0, 0.1) is 5.41 Å². The van der Waals surface area contributed by atoms with E-state index in [-0.39, 0.29) is 5.54 Å². The van der Waals surface area contributed by atoms with Crippen molar-refractivity contribution in [3.05, 3.63) is 0 Å². The Morgan fingerprint density at radius 1 is 1.13 bits per heavy atom. The first-order chi connectivity index (χ1) is 6.66. The van der Waals surface area contributed by atoms with E-state index >= 15 is 0 Å². The fourth-order valence-corrected chi connectivity index (χ4v) is 2.27. The lowest BCUT2D eigenvalue weighted by molar-refractivity contribution is 0.238. The lowest BCUT2D eigenvalue weighted by Gasteiger charge is -2.34. The van der Waals surface area contributed by atoms with Gasteiger partial charge in [-0.3, -0.25) is 0 Å². The largest absolute Gasteiger partial charge is 0.327 e. The SMILES string of the molecule is CCCC(N)CNC(C)(C)CC(C)(C)C. The van der Waals surface area contributed by atoms with Gasteiger partial charge in [-0.2, -0.15) is 0 Å². The molecule has 0 saturated heterocycles. The lowest BCUT2D eigenvalue weighted by Crippen LogP contribution is -2.47. The zero-order valence-electron chi connectivity index (χ0n) is 11.5. The minimum absolute atomic E-state index is 0.184. The maximum Gasteiger partial charge on any atom is 0.0165 e. The first-order valence-corrected chi connectivity index (χ1v) is 6.17. The smallest absolute Gasteiger partial charge is 0.0165 e. The summed E-state index contributed by atoms with van der Waals surface area (Å²) < 4.78 is 0. The highest BCUT2D eigenvalue weighted by Gasteiger charge is 2.25. The second kappa shape index (κ2) is 5.86. The van der Waals surface area contributed by atoms with Crippen molar-refractivity contribution in [3.63, 3.8) is 0 Å². The first kappa shape index (κ1) is 14.9. The van der Waals surface area contributed by atoms with E-state index in [1.54, 1.807) is 0 Å². The molecule has 0 saturated carbocycles. The fraction of sp³-hybridized carbons (Fsp3) is 1.00. The molecule has 3 N–H and O–H groups in total. The molecule has 0 rings (SSSR count). The van der Waals surface area contributed by atoms with Crippen molar-refractivity contribution in [1.82, 2.24) is 5.32 Å². The second-order valence-electron chi connectivity index (χ2n) is 6.55. The van der Waals surface area contributed by atoms with Crippen molar-refractivity contribution >= 4 is 0 Å². The third-order valence-electron chi connectivity index (χ3n) is 2.47. The van der Waals surface area contributed by atoms with E-state index in [9.17, 15) is 0 Å². The zero-order valence-corrected chi connectivity index (χ0v) is 11.5. The molecule has 1 atom stereocenters. The van der Waals surface area contributed by atoms with Gasteiger partial charge < -0.3 is 11.1 Å². The standard InChI is InChI=1S/C13H30N2/c1-7-8-11(14)9-15-13(5,6)10-12(2,3)4/h11,15H,7-10,14H2,1-6H3. The van der Waals surface area contributed by atoms with Crippen molar-refractivity contribution in [2.75, 3.05) is 6.54 Å². The van der Waals surface area contributed by atoms with E-state index in [0.29, 0.717) is 11.5 Å². The molecule has 0 aliphatic heterocycles. The highest BCUT2D eigenvalue weighted by molar-refractivity contribution is 4.84. The molecule has 0 fully saturated rings. The molecule has 0 aromatic heterocycles. The Hall–Kier alpha value is -0.0800. The molecule has 15 heavy (non-hydrogen) atoms. The third kappa shape index (κ3) is 8.88. The minimum Gasteiger partial charge on any atom is -0.327 e. The van der Waals surface area contributed by atoms with E-state index in [1.165, 1.54) is 12.8 Å². The van der Waals surface area contributed by atoms with Crippen LogP contribution in [-0.2, 0) is 0 Å². The summed E-state index contributed by atoms with van der Waals surface area (Å²) in [6.45, 7) is 14.5. The lowest BCUT2D eigenvalue weighted by atomic mass is 9.81. The minimum atomic E-state index is 0.184. The normalized spacial score (nSPS) is 15.4. The van der Waals surface area contributed by atoms with Crippen LogP contribution in [0.25, 0.3) is 0 Å². The number of hydrogen-bond donors (Lipinski definition) is 2. The highest BCUT2D eigenvalue weighted by atomic mass is 15.0. The summed E-state index contributed by atoms with van der Waals surface area (Å²) in [5.74, 6) is 0. The van der Waals surface area contributed by atoms with Crippen LogP contribution in [0.5, 0.6) is 0 Å². The van der Waals surface area contributed by atoms with Gasteiger partial charge in [0.05, 0.1) is 0 Å². The first-order valence-electron chi connectivity index (χ1n) is 6.17. The maximum atomic E-state index is 5.99. The average molecular weight is 214 g/mol. The molecule has 0 amide bonds. The summed E-state index contributed by atoms with van der Waals surface area (Å²) in [4.78, 5) is 0. The van der Waals surface area contributed by atoms with Crippen molar-refractivity contribution in [2.24, 2.45) is 11.1 Å².